The van der Waals surface area contributed by atoms with Crippen LogP contribution in [0, 0.1) is 0 Å². The summed E-state index contributed by atoms with van der Waals surface area (Å²) >= 11 is 0. The van der Waals surface area contributed by atoms with Crippen LogP contribution in [0.2, 0.25) is 0 Å². The van der Waals surface area contributed by atoms with E-state index in [9.17, 15) is 4.79 Å². The largest absolute Gasteiger partial charge is 0.339 e. The van der Waals surface area contributed by atoms with Gasteiger partial charge in [0, 0.05) is 19.2 Å². The van der Waals surface area contributed by atoms with Crippen molar-refractivity contribution >= 4 is 16.9 Å². The number of hydrogen-bond donors (Lipinski definition) is 1. The number of H-pyrrole nitrogens is 1. The van der Waals surface area contributed by atoms with Crippen molar-refractivity contribution in [3.63, 3.8) is 0 Å². The van der Waals surface area contributed by atoms with Crippen molar-refractivity contribution in [2.45, 2.75) is 31.7 Å². The fraction of sp³-hybridized carbons (Fsp3) is 0.240. The van der Waals surface area contributed by atoms with Gasteiger partial charge in [-0.1, -0.05) is 54.6 Å². The van der Waals surface area contributed by atoms with E-state index in [2.05, 4.69) is 46.4 Å². The molecule has 0 bridgehead atoms. The maximum absolute atomic E-state index is 13.0. The molecule has 1 saturated heterocycles. The van der Waals surface area contributed by atoms with E-state index in [1.54, 1.807) is 12.4 Å². The zero-order chi connectivity index (χ0) is 20.3. The number of fused-ring (bicyclic) bond motifs is 1. The van der Waals surface area contributed by atoms with Crippen molar-refractivity contribution in [1.82, 2.24) is 19.9 Å². The molecule has 3 heterocycles. The second kappa shape index (κ2) is 8.11. The monoisotopic (exact) mass is 396 g/mol. The fourth-order valence-electron chi connectivity index (χ4n) is 4.27. The number of imidazole rings is 1. The fourth-order valence-corrected chi connectivity index (χ4v) is 4.27. The lowest BCUT2D eigenvalue weighted by Crippen LogP contribution is -2.31. The summed E-state index contributed by atoms with van der Waals surface area (Å²) in [6.07, 6.45) is 6.76. The number of hydrogen-bond acceptors (Lipinski definition) is 3. The first-order chi connectivity index (χ1) is 14.8. The lowest BCUT2D eigenvalue weighted by atomic mass is 10.0. The second-order valence-corrected chi connectivity index (χ2v) is 7.82. The van der Waals surface area contributed by atoms with Crippen LogP contribution in [0.3, 0.4) is 0 Å². The molecule has 1 atom stereocenters. The van der Waals surface area contributed by atoms with Crippen LogP contribution in [0.25, 0.3) is 22.2 Å². The molecule has 0 aliphatic carbocycles. The Morgan fingerprint density at radius 3 is 2.63 bits per heavy atom. The van der Waals surface area contributed by atoms with Crippen LogP contribution in [0.5, 0.6) is 0 Å². The van der Waals surface area contributed by atoms with Gasteiger partial charge in [0.05, 0.1) is 23.3 Å². The van der Waals surface area contributed by atoms with E-state index in [-0.39, 0.29) is 11.9 Å². The van der Waals surface area contributed by atoms with Gasteiger partial charge >= 0.3 is 0 Å². The number of nitrogens with zero attached hydrogens (tertiary/aromatic N) is 3. The normalized spacial score (nSPS) is 16.3. The minimum atomic E-state index is 0.0327. The van der Waals surface area contributed by atoms with Crippen molar-refractivity contribution in [3.8, 4) is 11.1 Å². The molecule has 1 aliphatic heterocycles. The second-order valence-electron chi connectivity index (χ2n) is 7.82. The Labute approximate surface area is 175 Å². The number of amides is 1. The molecule has 1 fully saturated rings. The van der Waals surface area contributed by atoms with Gasteiger partial charge in [0.2, 0.25) is 5.91 Å². The van der Waals surface area contributed by atoms with Crippen LogP contribution in [0.15, 0.2) is 73.1 Å². The Morgan fingerprint density at radius 1 is 1.03 bits per heavy atom. The average molecular weight is 396 g/mol. The summed E-state index contributed by atoms with van der Waals surface area (Å²) in [5.41, 5.74) is 5.42. The zero-order valence-corrected chi connectivity index (χ0v) is 16.8. The van der Waals surface area contributed by atoms with Gasteiger partial charge in [-0.2, -0.15) is 0 Å². The van der Waals surface area contributed by atoms with Crippen LogP contribution in [0.4, 0.5) is 0 Å². The van der Waals surface area contributed by atoms with Gasteiger partial charge in [-0.05, 0) is 42.0 Å². The highest BCUT2D eigenvalue weighted by atomic mass is 16.2. The van der Waals surface area contributed by atoms with Crippen LogP contribution < -0.4 is 0 Å². The Hall–Kier alpha value is -3.47. The molecule has 0 radical (unpaired) electrons. The first-order valence-corrected chi connectivity index (χ1v) is 10.5. The van der Waals surface area contributed by atoms with E-state index in [4.69, 9.17) is 4.98 Å². The summed E-state index contributed by atoms with van der Waals surface area (Å²) in [5.74, 6) is 1.07. The number of carbonyl (C=O) groups excluding carboxylic acids is 1. The van der Waals surface area contributed by atoms with Crippen molar-refractivity contribution in [2.24, 2.45) is 0 Å². The van der Waals surface area contributed by atoms with E-state index < -0.39 is 0 Å². The molecule has 0 spiro atoms. The van der Waals surface area contributed by atoms with Crippen LogP contribution in [-0.4, -0.2) is 32.3 Å². The van der Waals surface area contributed by atoms with Gasteiger partial charge in [0.15, 0.2) is 0 Å². The predicted molar refractivity (Wildman–Crippen MR) is 118 cm³/mol. The van der Waals surface area contributed by atoms with Gasteiger partial charge in [0.1, 0.15) is 5.82 Å². The summed E-state index contributed by atoms with van der Waals surface area (Å²) in [5, 5.41) is 0. The molecule has 5 nitrogen and oxygen atoms in total. The van der Waals surface area contributed by atoms with E-state index >= 15 is 0 Å². The molecule has 1 amide bonds. The Kier molecular flexibility index (Phi) is 5.01. The van der Waals surface area contributed by atoms with Gasteiger partial charge in [-0.25, -0.2) is 4.98 Å². The number of aromatic nitrogens is 3. The summed E-state index contributed by atoms with van der Waals surface area (Å²) in [4.78, 5) is 27.2. The molecule has 1 N–H and O–H groups in total. The summed E-state index contributed by atoms with van der Waals surface area (Å²) in [7, 11) is 0. The van der Waals surface area contributed by atoms with Crippen LogP contribution in [0.1, 0.15) is 36.7 Å². The smallest absolute Gasteiger partial charge is 0.223 e. The summed E-state index contributed by atoms with van der Waals surface area (Å²) in [6.45, 7) is 0.797. The molecule has 2 aromatic heterocycles. The molecule has 30 heavy (non-hydrogen) atoms. The number of benzene rings is 2. The lowest BCUT2D eigenvalue weighted by molar-refractivity contribution is -0.132. The van der Waals surface area contributed by atoms with Crippen LogP contribution in [-0.2, 0) is 11.2 Å². The Bertz CT molecular complexity index is 1120. The minimum absolute atomic E-state index is 0.0327. The highest BCUT2D eigenvalue weighted by Gasteiger charge is 2.31. The van der Waals surface area contributed by atoms with Gasteiger partial charge in [-0.15, -0.1) is 0 Å². The van der Waals surface area contributed by atoms with Crippen molar-refractivity contribution in [2.75, 3.05) is 6.54 Å². The third-order valence-electron chi connectivity index (χ3n) is 5.88. The standard InChI is InChI=1S/C25H24N4O/c30-24(13-10-18-8-11-20(12-9-18)19-5-2-1-3-6-19)29-16-4-7-23(29)25-27-21-14-15-26-17-22(21)28-25/h1-3,5-6,8-9,11-12,14-15,17,23H,4,7,10,13,16H2,(H,27,28)/t23-/m0/s1. The number of pyridine rings is 1. The number of rotatable bonds is 5. The number of aryl methyl sites for hydroxylation is 1. The third-order valence-corrected chi connectivity index (χ3v) is 5.88. The van der Waals surface area contributed by atoms with Crippen molar-refractivity contribution < 1.29 is 4.79 Å². The molecule has 5 rings (SSSR count). The van der Waals surface area contributed by atoms with Gasteiger partial charge < -0.3 is 9.88 Å². The highest BCUT2D eigenvalue weighted by Crippen LogP contribution is 2.32. The average Bonchev–Trinajstić information content (AvgIpc) is 3.45. The topological polar surface area (TPSA) is 61.9 Å². The predicted octanol–water partition coefficient (Wildman–Crippen LogP) is 4.92. The first kappa shape index (κ1) is 18.6. The van der Waals surface area contributed by atoms with Crippen molar-refractivity contribution in [3.05, 3.63) is 84.4 Å². The number of likely N-dealkylation sites (tertiary alicyclic amines) is 1. The SMILES string of the molecule is O=C(CCc1ccc(-c2ccccc2)cc1)N1CCC[C@H]1c1nc2ccncc2[nH]1. The molecule has 1 aliphatic rings. The summed E-state index contributed by atoms with van der Waals surface area (Å²) in [6, 6.07) is 20.8. The van der Waals surface area contributed by atoms with E-state index in [1.807, 2.05) is 29.2 Å². The Balaban J connectivity index is 1.24. The highest BCUT2D eigenvalue weighted by molar-refractivity contribution is 5.78. The number of carbonyl (C=O) groups is 1. The number of aromatic amines is 1. The first-order valence-electron chi connectivity index (χ1n) is 10.5. The molecule has 0 saturated carbocycles. The maximum Gasteiger partial charge on any atom is 0.223 e. The third kappa shape index (κ3) is 3.71. The lowest BCUT2D eigenvalue weighted by Gasteiger charge is -2.23. The summed E-state index contributed by atoms with van der Waals surface area (Å²) < 4.78 is 0. The van der Waals surface area contributed by atoms with E-state index in [0.29, 0.717) is 6.42 Å². The number of nitrogens with one attached hydrogen (secondary N) is 1. The molecule has 5 heteroatoms. The quantitative estimate of drug-likeness (QED) is 0.521. The van der Waals surface area contributed by atoms with Gasteiger partial charge in [0.25, 0.3) is 0 Å². The van der Waals surface area contributed by atoms with E-state index in [1.165, 1.54) is 16.7 Å². The van der Waals surface area contributed by atoms with Crippen LogP contribution >= 0.6 is 0 Å². The molecule has 150 valence electrons. The molecule has 0 unspecified atom stereocenters. The molecule has 2 aromatic carbocycles. The van der Waals surface area contributed by atoms with Gasteiger partial charge in [-0.3, -0.25) is 9.78 Å². The molecule has 4 aromatic rings. The minimum Gasteiger partial charge on any atom is -0.339 e. The maximum atomic E-state index is 13.0. The van der Waals surface area contributed by atoms with E-state index in [0.717, 1.165) is 42.7 Å². The molecular weight excluding hydrogens is 372 g/mol. The van der Waals surface area contributed by atoms with Crippen molar-refractivity contribution in [1.29, 1.82) is 0 Å². The Morgan fingerprint density at radius 2 is 1.83 bits per heavy atom. The molecular formula is C25H24N4O. The zero-order valence-electron chi connectivity index (χ0n) is 16.8.